The Hall–Kier alpha value is -2.29. The molecule has 0 unspecified atom stereocenters. The van der Waals surface area contributed by atoms with E-state index in [0.717, 1.165) is 30.2 Å². The molecular weight excluding hydrogens is 250 g/mol. The lowest BCUT2D eigenvalue weighted by molar-refractivity contribution is 0.323. The lowest BCUT2D eigenvalue weighted by Gasteiger charge is -2.20. The van der Waals surface area contributed by atoms with Crippen LogP contribution in [0.25, 0.3) is 0 Å². The van der Waals surface area contributed by atoms with Crippen LogP contribution < -0.4 is 9.47 Å². The summed E-state index contributed by atoms with van der Waals surface area (Å²) >= 11 is 0. The maximum atomic E-state index is 5.95. The molecular formula is C17H13NO2. The van der Waals surface area contributed by atoms with Crippen molar-refractivity contribution in [2.75, 3.05) is 13.2 Å². The first-order valence-electron chi connectivity index (χ1n) is 6.95. The van der Waals surface area contributed by atoms with E-state index in [9.17, 15) is 0 Å². The van der Waals surface area contributed by atoms with Gasteiger partial charge in [0.25, 0.3) is 0 Å². The van der Waals surface area contributed by atoms with Crippen molar-refractivity contribution >= 4 is 11.9 Å². The van der Waals surface area contributed by atoms with Gasteiger partial charge in [-0.1, -0.05) is 18.2 Å². The lowest BCUT2D eigenvalue weighted by atomic mass is 9.77. The summed E-state index contributed by atoms with van der Waals surface area (Å²) in [6.45, 7) is 1.40. The van der Waals surface area contributed by atoms with Gasteiger partial charge in [0.2, 0.25) is 0 Å². The van der Waals surface area contributed by atoms with E-state index in [4.69, 9.17) is 9.47 Å². The molecule has 0 N–H and O–H groups in total. The molecule has 0 bridgehead atoms. The van der Waals surface area contributed by atoms with E-state index in [1.165, 1.54) is 16.7 Å². The second kappa shape index (κ2) is 3.42. The topological polar surface area (TPSA) is 30.8 Å². The van der Waals surface area contributed by atoms with Gasteiger partial charge in [-0.15, -0.1) is 0 Å². The van der Waals surface area contributed by atoms with Crippen molar-refractivity contribution in [3.05, 3.63) is 53.1 Å². The molecule has 20 heavy (non-hydrogen) atoms. The van der Waals surface area contributed by atoms with Crippen LogP contribution in [0.2, 0.25) is 0 Å². The third kappa shape index (κ3) is 1.14. The molecule has 3 aliphatic rings. The second-order valence-electron chi connectivity index (χ2n) is 5.59. The van der Waals surface area contributed by atoms with Gasteiger partial charge in [0, 0.05) is 24.3 Å². The number of hydrogen-bond acceptors (Lipinski definition) is 3. The Bertz CT molecular complexity index is 766. The molecule has 5 rings (SSSR count). The van der Waals surface area contributed by atoms with E-state index in [1.54, 1.807) is 0 Å². The molecule has 0 radical (unpaired) electrons. The number of rotatable bonds is 0. The largest absolute Gasteiger partial charge is 0.493 e. The zero-order valence-corrected chi connectivity index (χ0v) is 10.9. The standard InChI is InChI=1S/C17H13NO2/c1-2-4-14-12(3-1)17(9-18-14)10-20-16-8-15-11(5-6-19-15)7-13(16)17/h1-4,7-9H,5-6,10H2/t17-/m1/s1. The fraction of sp³-hybridized carbons (Fsp3) is 0.235. The summed E-state index contributed by atoms with van der Waals surface area (Å²) in [6.07, 6.45) is 3.03. The van der Waals surface area contributed by atoms with Crippen LogP contribution in [0.3, 0.4) is 0 Å². The number of ether oxygens (including phenoxy) is 2. The number of para-hydroxylation sites is 1. The van der Waals surface area contributed by atoms with Gasteiger partial charge in [0.05, 0.1) is 17.7 Å². The molecule has 0 aliphatic carbocycles. The van der Waals surface area contributed by atoms with E-state index >= 15 is 0 Å². The summed E-state index contributed by atoms with van der Waals surface area (Å²) in [4.78, 5) is 4.59. The van der Waals surface area contributed by atoms with Crippen LogP contribution in [0.4, 0.5) is 5.69 Å². The Kier molecular flexibility index (Phi) is 1.80. The summed E-state index contributed by atoms with van der Waals surface area (Å²) in [7, 11) is 0. The van der Waals surface area contributed by atoms with Crippen molar-refractivity contribution in [2.45, 2.75) is 11.8 Å². The third-order valence-corrected chi connectivity index (χ3v) is 4.54. The molecule has 2 aromatic rings. The van der Waals surface area contributed by atoms with E-state index in [2.05, 4.69) is 29.3 Å². The van der Waals surface area contributed by atoms with Crippen LogP contribution in [0, 0.1) is 0 Å². The first-order chi connectivity index (χ1) is 9.87. The quantitative estimate of drug-likeness (QED) is 0.731. The Morgan fingerprint density at radius 1 is 1.00 bits per heavy atom. The van der Waals surface area contributed by atoms with Crippen LogP contribution in [-0.4, -0.2) is 19.4 Å². The molecule has 0 saturated heterocycles. The van der Waals surface area contributed by atoms with Crippen LogP contribution in [0.15, 0.2) is 41.4 Å². The van der Waals surface area contributed by atoms with Crippen molar-refractivity contribution in [1.29, 1.82) is 0 Å². The third-order valence-electron chi connectivity index (χ3n) is 4.54. The van der Waals surface area contributed by atoms with Crippen molar-refractivity contribution in [3.8, 4) is 11.5 Å². The maximum absolute atomic E-state index is 5.95. The average Bonchev–Trinajstić information content (AvgIpc) is 3.17. The molecule has 3 nitrogen and oxygen atoms in total. The summed E-state index contributed by atoms with van der Waals surface area (Å²) in [5, 5.41) is 0. The molecule has 1 spiro atoms. The van der Waals surface area contributed by atoms with Gasteiger partial charge in [0.1, 0.15) is 18.1 Å². The summed E-state index contributed by atoms with van der Waals surface area (Å²) in [5.74, 6) is 1.91. The van der Waals surface area contributed by atoms with Gasteiger partial charge in [-0.2, -0.15) is 0 Å². The molecule has 2 aromatic carbocycles. The summed E-state index contributed by atoms with van der Waals surface area (Å²) < 4.78 is 11.6. The maximum Gasteiger partial charge on any atom is 0.127 e. The Labute approximate surface area is 116 Å². The van der Waals surface area contributed by atoms with Gasteiger partial charge in [-0.05, 0) is 23.3 Å². The van der Waals surface area contributed by atoms with Gasteiger partial charge >= 0.3 is 0 Å². The predicted molar refractivity (Wildman–Crippen MR) is 76.5 cm³/mol. The zero-order chi connectivity index (χ0) is 13.2. The highest BCUT2D eigenvalue weighted by Gasteiger charge is 2.45. The number of benzene rings is 2. The van der Waals surface area contributed by atoms with Crippen molar-refractivity contribution in [1.82, 2.24) is 0 Å². The molecule has 0 amide bonds. The summed E-state index contributed by atoms with van der Waals surface area (Å²) in [5.41, 5.74) is 4.61. The SMILES string of the molecule is C1=Nc2ccccc2[C@]12COc1cc3c(cc12)CCO3. The lowest BCUT2D eigenvalue weighted by Crippen LogP contribution is -2.28. The molecule has 3 aliphatic heterocycles. The smallest absolute Gasteiger partial charge is 0.127 e. The molecule has 3 heterocycles. The Balaban J connectivity index is 1.77. The molecule has 0 saturated carbocycles. The fourth-order valence-corrected chi connectivity index (χ4v) is 3.49. The van der Waals surface area contributed by atoms with Crippen LogP contribution in [-0.2, 0) is 11.8 Å². The van der Waals surface area contributed by atoms with Gasteiger partial charge < -0.3 is 9.47 Å². The van der Waals surface area contributed by atoms with Crippen LogP contribution in [0.1, 0.15) is 16.7 Å². The highest BCUT2D eigenvalue weighted by Crippen LogP contribution is 2.50. The highest BCUT2D eigenvalue weighted by atomic mass is 16.5. The predicted octanol–water partition coefficient (Wildman–Crippen LogP) is 3.02. The van der Waals surface area contributed by atoms with Gasteiger partial charge in [-0.3, -0.25) is 4.99 Å². The average molecular weight is 263 g/mol. The van der Waals surface area contributed by atoms with E-state index in [1.807, 2.05) is 18.3 Å². The minimum absolute atomic E-state index is 0.205. The van der Waals surface area contributed by atoms with Crippen molar-refractivity contribution < 1.29 is 9.47 Å². The van der Waals surface area contributed by atoms with E-state index < -0.39 is 0 Å². The van der Waals surface area contributed by atoms with Crippen LogP contribution >= 0.6 is 0 Å². The monoisotopic (exact) mass is 263 g/mol. The van der Waals surface area contributed by atoms with Crippen LogP contribution in [0.5, 0.6) is 11.5 Å². The Morgan fingerprint density at radius 3 is 2.95 bits per heavy atom. The number of fused-ring (bicyclic) bond motifs is 5. The minimum atomic E-state index is -0.205. The zero-order valence-electron chi connectivity index (χ0n) is 10.9. The molecule has 0 aromatic heterocycles. The second-order valence-corrected chi connectivity index (χ2v) is 5.59. The Morgan fingerprint density at radius 2 is 1.95 bits per heavy atom. The van der Waals surface area contributed by atoms with Crippen molar-refractivity contribution in [2.24, 2.45) is 4.99 Å². The highest BCUT2D eigenvalue weighted by molar-refractivity contribution is 5.91. The fourth-order valence-electron chi connectivity index (χ4n) is 3.49. The molecule has 98 valence electrons. The molecule has 3 heteroatoms. The minimum Gasteiger partial charge on any atom is -0.493 e. The van der Waals surface area contributed by atoms with Crippen molar-refractivity contribution in [3.63, 3.8) is 0 Å². The van der Waals surface area contributed by atoms with Gasteiger partial charge in [-0.25, -0.2) is 0 Å². The normalized spacial score (nSPS) is 24.2. The first-order valence-corrected chi connectivity index (χ1v) is 6.95. The number of nitrogens with zero attached hydrogens (tertiary/aromatic N) is 1. The number of hydrogen-bond donors (Lipinski definition) is 0. The van der Waals surface area contributed by atoms with Gasteiger partial charge in [0.15, 0.2) is 0 Å². The first kappa shape index (κ1) is 10.5. The summed E-state index contributed by atoms with van der Waals surface area (Å²) in [6, 6.07) is 12.6. The molecule has 1 atom stereocenters. The number of aliphatic imine (C=N–C) groups is 1. The molecule has 0 fully saturated rings. The van der Waals surface area contributed by atoms with E-state index in [0.29, 0.717) is 6.61 Å². The van der Waals surface area contributed by atoms with E-state index in [-0.39, 0.29) is 5.41 Å².